The molecule has 3 nitrogen and oxygen atoms in total. The van der Waals surface area contributed by atoms with Crippen molar-refractivity contribution < 1.29 is 9.53 Å². The molecule has 2 N–H and O–H groups in total. The number of nitrogens with two attached hydrogens (primary N) is 1. The SMILES string of the molecule is NCC1(C(=O)OCC2CCCC2)CCCCCC1. The molecule has 2 rings (SSSR count). The first-order valence-electron chi connectivity index (χ1n) is 7.64. The zero-order chi connectivity index (χ0) is 12.8. The van der Waals surface area contributed by atoms with Gasteiger partial charge in [0.1, 0.15) is 0 Å². The minimum atomic E-state index is -0.366. The van der Waals surface area contributed by atoms with Crippen LogP contribution in [0.3, 0.4) is 0 Å². The number of carbonyl (C=O) groups excluding carboxylic acids is 1. The van der Waals surface area contributed by atoms with Crippen molar-refractivity contribution in [3.05, 3.63) is 0 Å². The Morgan fingerprint density at radius 2 is 1.67 bits per heavy atom. The van der Waals surface area contributed by atoms with Gasteiger partial charge in [0.2, 0.25) is 0 Å². The number of hydrogen-bond acceptors (Lipinski definition) is 3. The molecule has 0 atom stereocenters. The van der Waals surface area contributed by atoms with E-state index in [1.807, 2.05) is 0 Å². The Labute approximate surface area is 110 Å². The summed E-state index contributed by atoms with van der Waals surface area (Å²) in [4.78, 5) is 12.4. The van der Waals surface area contributed by atoms with Gasteiger partial charge < -0.3 is 10.5 Å². The van der Waals surface area contributed by atoms with Crippen LogP contribution in [-0.4, -0.2) is 19.1 Å². The highest BCUT2D eigenvalue weighted by Gasteiger charge is 2.39. The largest absolute Gasteiger partial charge is 0.465 e. The molecular formula is C15H27NO2. The molecule has 104 valence electrons. The van der Waals surface area contributed by atoms with Crippen LogP contribution in [0.25, 0.3) is 0 Å². The van der Waals surface area contributed by atoms with E-state index in [4.69, 9.17) is 10.5 Å². The van der Waals surface area contributed by atoms with Gasteiger partial charge in [0.15, 0.2) is 0 Å². The second kappa shape index (κ2) is 6.55. The van der Waals surface area contributed by atoms with Crippen LogP contribution < -0.4 is 5.73 Å². The van der Waals surface area contributed by atoms with Crippen molar-refractivity contribution in [1.29, 1.82) is 0 Å². The van der Waals surface area contributed by atoms with Crippen LogP contribution in [0.2, 0.25) is 0 Å². The molecule has 2 fully saturated rings. The summed E-state index contributed by atoms with van der Waals surface area (Å²) in [7, 11) is 0. The minimum Gasteiger partial charge on any atom is -0.465 e. The van der Waals surface area contributed by atoms with E-state index in [0.717, 1.165) is 25.7 Å². The molecule has 0 aromatic carbocycles. The number of ether oxygens (including phenoxy) is 1. The van der Waals surface area contributed by atoms with E-state index in [1.165, 1.54) is 38.5 Å². The van der Waals surface area contributed by atoms with E-state index in [1.54, 1.807) is 0 Å². The molecule has 3 heteroatoms. The van der Waals surface area contributed by atoms with E-state index in [9.17, 15) is 4.79 Å². The normalized spacial score (nSPS) is 24.7. The Kier molecular flexibility index (Phi) is 5.04. The van der Waals surface area contributed by atoms with Crippen molar-refractivity contribution in [3.8, 4) is 0 Å². The molecule has 0 saturated heterocycles. The molecule has 0 heterocycles. The zero-order valence-electron chi connectivity index (χ0n) is 11.5. The summed E-state index contributed by atoms with van der Waals surface area (Å²) in [6.45, 7) is 1.08. The first-order valence-corrected chi connectivity index (χ1v) is 7.64. The third-order valence-electron chi connectivity index (χ3n) is 4.81. The third-order valence-corrected chi connectivity index (χ3v) is 4.81. The number of carbonyl (C=O) groups is 1. The molecule has 0 radical (unpaired) electrons. The monoisotopic (exact) mass is 253 g/mol. The smallest absolute Gasteiger partial charge is 0.313 e. The maximum Gasteiger partial charge on any atom is 0.313 e. The van der Waals surface area contributed by atoms with Crippen LogP contribution in [0.5, 0.6) is 0 Å². The van der Waals surface area contributed by atoms with Gasteiger partial charge in [-0.15, -0.1) is 0 Å². The first kappa shape index (κ1) is 13.9. The van der Waals surface area contributed by atoms with Crippen molar-refractivity contribution in [2.24, 2.45) is 17.1 Å². The lowest BCUT2D eigenvalue weighted by molar-refractivity contribution is -0.157. The molecule has 0 aromatic rings. The van der Waals surface area contributed by atoms with Crippen LogP contribution in [0.1, 0.15) is 64.2 Å². The summed E-state index contributed by atoms with van der Waals surface area (Å²) >= 11 is 0. The highest BCUT2D eigenvalue weighted by molar-refractivity contribution is 5.77. The topological polar surface area (TPSA) is 52.3 Å². The second-order valence-electron chi connectivity index (χ2n) is 6.15. The van der Waals surface area contributed by atoms with Crippen molar-refractivity contribution in [3.63, 3.8) is 0 Å². The lowest BCUT2D eigenvalue weighted by atomic mass is 9.80. The fraction of sp³-hybridized carbons (Fsp3) is 0.933. The highest BCUT2D eigenvalue weighted by atomic mass is 16.5. The minimum absolute atomic E-state index is 0.0150. The number of hydrogen-bond donors (Lipinski definition) is 1. The molecule has 0 unspecified atom stereocenters. The Balaban J connectivity index is 1.86. The summed E-state index contributed by atoms with van der Waals surface area (Å²) in [6, 6.07) is 0. The molecule has 2 aliphatic carbocycles. The van der Waals surface area contributed by atoms with Gasteiger partial charge in [-0.2, -0.15) is 0 Å². The van der Waals surface area contributed by atoms with Gasteiger partial charge in [0.25, 0.3) is 0 Å². The first-order chi connectivity index (χ1) is 8.77. The van der Waals surface area contributed by atoms with E-state index < -0.39 is 0 Å². The third kappa shape index (κ3) is 3.25. The van der Waals surface area contributed by atoms with Crippen LogP contribution in [0.15, 0.2) is 0 Å². The van der Waals surface area contributed by atoms with Gasteiger partial charge >= 0.3 is 5.97 Å². The van der Waals surface area contributed by atoms with Crippen LogP contribution in [-0.2, 0) is 9.53 Å². The molecule has 0 aromatic heterocycles. The lowest BCUT2D eigenvalue weighted by Crippen LogP contribution is -2.40. The fourth-order valence-corrected chi connectivity index (χ4v) is 3.42. The molecule has 0 aliphatic heterocycles. The zero-order valence-corrected chi connectivity index (χ0v) is 11.5. The van der Waals surface area contributed by atoms with Gasteiger partial charge in [-0.3, -0.25) is 4.79 Å². The Bertz CT molecular complexity index is 264. The molecular weight excluding hydrogens is 226 g/mol. The highest BCUT2D eigenvalue weighted by Crippen LogP contribution is 2.36. The van der Waals surface area contributed by atoms with Crippen LogP contribution in [0, 0.1) is 11.3 Å². The molecule has 2 aliphatic rings. The summed E-state index contributed by atoms with van der Waals surface area (Å²) in [5.74, 6) is 0.591. The van der Waals surface area contributed by atoms with Gasteiger partial charge in [-0.1, -0.05) is 38.5 Å². The predicted molar refractivity (Wildman–Crippen MR) is 72.1 cm³/mol. The molecule has 2 saturated carbocycles. The lowest BCUT2D eigenvalue weighted by Gasteiger charge is -2.29. The summed E-state index contributed by atoms with van der Waals surface area (Å²) < 4.78 is 5.60. The summed E-state index contributed by atoms with van der Waals surface area (Å²) in [6.07, 6.45) is 11.6. The fourth-order valence-electron chi connectivity index (χ4n) is 3.42. The van der Waals surface area contributed by atoms with Crippen molar-refractivity contribution in [1.82, 2.24) is 0 Å². The summed E-state index contributed by atoms with van der Waals surface area (Å²) in [5.41, 5.74) is 5.53. The molecule has 0 spiro atoms. The van der Waals surface area contributed by atoms with Gasteiger partial charge in [-0.25, -0.2) is 0 Å². The van der Waals surface area contributed by atoms with Crippen LogP contribution >= 0.6 is 0 Å². The average Bonchev–Trinajstić information content (AvgIpc) is 2.79. The van der Waals surface area contributed by atoms with Crippen molar-refractivity contribution in [2.45, 2.75) is 64.2 Å². The standard InChI is InChI=1S/C15H27NO2/c16-12-15(9-5-1-2-6-10-15)14(17)18-11-13-7-3-4-8-13/h13H,1-12,16H2. The van der Waals surface area contributed by atoms with Gasteiger partial charge in [-0.05, 0) is 31.6 Å². The Morgan fingerprint density at radius 3 is 2.22 bits per heavy atom. The maximum absolute atomic E-state index is 12.4. The molecule has 0 bridgehead atoms. The Hall–Kier alpha value is -0.570. The summed E-state index contributed by atoms with van der Waals surface area (Å²) in [5, 5.41) is 0. The van der Waals surface area contributed by atoms with Gasteiger partial charge in [0, 0.05) is 6.54 Å². The van der Waals surface area contributed by atoms with Gasteiger partial charge in [0.05, 0.1) is 12.0 Å². The van der Waals surface area contributed by atoms with E-state index in [0.29, 0.717) is 19.1 Å². The Morgan fingerprint density at radius 1 is 1.06 bits per heavy atom. The van der Waals surface area contributed by atoms with E-state index in [-0.39, 0.29) is 11.4 Å². The average molecular weight is 253 g/mol. The molecule has 0 amide bonds. The van der Waals surface area contributed by atoms with Crippen molar-refractivity contribution in [2.75, 3.05) is 13.2 Å². The second-order valence-corrected chi connectivity index (χ2v) is 6.15. The van der Waals surface area contributed by atoms with Crippen LogP contribution in [0.4, 0.5) is 0 Å². The predicted octanol–water partition coefficient (Wildman–Crippen LogP) is 3.02. The number of esters is 1. The van der Waals surface area contributed by atoms with Crippen molar-refractivity contribution >= 4 is 5.97 Å². The van der Waals surface area contributed by atoms with E-state index in [2.05, 4.69) is 0 Å². The quantitative estimate of drug-likeness (QED) is 0.619. The maximum atomic E-state index is 12.4. The van der Waals surface area contributed by atoms with E-state index >= 15 is 0 Å². The number of rotatable bonds is 4. The molecule has 18 heavy (non-hydrogen) atoms.